The summed E-state index contributed by atoms with van der Waals surface area (Å²) in [7, 11) is -2.22. The van der Waals surface area contributed by atoms with Gasteiger partial charge in [0.25, 0.3) is 10.0 Å². The van der Waals surface area contributed by atoms with Gasteiger partial charge in [-0.05, 0) is 19.1 Å². The Morgan fingerprint density at radius 2 is 2.15 bits per heavy atom. The normalized spacial score (nSPS) is 11.5. The van der Waals surface area contributed by atoms with E-state index in [1.807, 2.05) is 0 Å². The zero-order valence-electron chi connectivity index (χ0n) is 11.2. The Morgan fingerprint density at radius 1 is 1.45 bits per heavy atom. The number of phenolic OH excluding ortho intramolecular Hbond substituents is 1. The predicted molar refractivity (Wildman–Crippen MR) is 75.9 cm³/mol. The van der Waals surface area contributed by atoms with E-state index in [-0.39, 0.29) is 23.0 Å². The summed E-state index contributed by atoms with van der Waals surface area (Å²) >= 11 is 0. The zero-order chi connectivity index (χ0) is 14.9. The SMILES string of the molecule is CCN(c1cccc(O)c1)S(=O)(=O)c1cn(C)nc1N. The van der Waals surface area contributed by atoms with Gasteiger partial charge in [-0.25, -0.2) is 8.42 Å². The minimum atomic E-state index is -3.82. The molecule has 0 spiro atoms. The molecular weight excluding hydrogens is 280 g/mol. The minimum absolute atomic E-state index is 0.00434. The van der Waals surface area contributed by atoms with Crippen molar-refractivity contribution in [1.29, 1.82) is 0 Å². The summed E-state index contributed by atoms with van der Waals surface area (Å²) in [6.45, 7) is 1.91. The summed E-state index contributed by atoms with van der Waals surface area (Å²) in [5.41, 5.74) is 6.01. The maximum Gasteiger partial charge on any atom is 0.269 e. The van der Waals surface area contributed by atoms with Crippen LogP contribution in [0.2, 0.25) is 0 Å². The molecule has 0 bridgehead atoms. The fraction of sp³-hybridized carbons (Fsp3) is 0.250. The van der Waals surface area contributed by atoms with Crippen LogP contribution in [0.5, 0.6) is 5.75 Å². The van der Waals surface area contributed by atoms with E-state index in [1.165, 1.54) is 27.3 Å². The molecule has 1 aromatic carbocycles. The molecule has 3 N–H and O–H groups in total. The van der Waals surface area contributed by atoms with Gasteiger partial charge in [0.05, 0.1) is 5.69 Å². The van der Waals surface area contributed by atoms with Gasteiger partial charge in [0.15, 0.2) is 5.82 Å². The second kappa shape index (κ2) is 5.04. The van der Waals surface area contributed by atoms with E-state index >= 15 is 0 Å². The lowest BCUT2D eigenvalue weighted by Gasteiger charge is -2.22. The Bertz CT molecular complexity index is 724. The zero-order valence-corrected chi connectivity index (χ0v) is 12.0. The lowest BCUT2D eigenvalue weighted by Crippen LogP contribution is -2.31. The smallest absolute Gasteiger partial charge is 0.269 e. The number of benzene rings is 1. The number of nitrogens with zero attached hydrogens (tertiary/aromatic N) is 3. The molecular formula is C12H16N4O3S. The Kier molecular flexibility index (Phi) is 3.58. The molecule has 20 heavy (non-hydrogen) atoms. The van der Waals surface area contributed by atoms with Crippen molar-refractivity contribution in [2.24, 2.45) is 7.05 Å². The number of phenols is 1. The van der Waals surface area contributed by atoms with Crippen LogP contribution in [0, 0.1) is 0 Å². The average molecular weight is 296 g/mol. The van der Waals surface area contributed by atoms with Crippen LogP contribution in [-0.2, 0) is 17.1 Å². The maximum atomic E-state index is 12.6. The van der Waals surface area contributed by atoms with Crippen molar-refractivity contribution in [2.45, 2.75) is 11.8 Å². The fourth-order valence-electron chi connectivity index (χ4n) is 1.94. The van der Waals surface area contributed by atoms with E-state index in [0.29, 0.717) is 5.69 Å². The largest absolute Gasteiger partial charge is 0.508 e. The summed E-state index contributed by atoms with van der Waals surface area (Å²) in [5.74, 6) is -0.0542. The number of hydrogen-bond acceptors (Lipinski definition) is 5. The van der Waals surface area contributed by atoms with Crippen LogP contribution in [-0.4, -0.2) is 29.8 Å². The number of hydrogen-bond donors (Lipinski definition) is 2. The lowest BCUT2D eigenvalue weighted by molar-refractivity contribution is 0.475. The summed E-state index contributed by atoms with van der Waals surface area (Å²) in [5, 5.41) is 13.3. The first-order chi connectivity index (χ1) is 9.36. The van der Waals surface area contributed by atoms with E-state index in [0.717, 1.165) is 0 Å². The Hall–Kier alpha value is -2.22. The highest BCUT2D eigenvalue weighted by Gasteiger charge is 2.28. The molecule has 8 heteroatoms. The van der Waals surface area contributed by atoms with Gasteiger partial charge < -0.3 is 10.8 Å². The average Bonchev–Trinajstić information content (AvgIpc) is 2.70. The first-order valence-electron chi connectivity index (χ1n) is 5.97. The standard InChI is InChI=1S/C12H16N4O3S/c1-3-16(9-5-4-6-10(17)7-9)20(18,19)11-8-15(2)14-12(11)13/h4-8,17H,3H2,1-2H3,(H2,13,14). The highest BCUT2D eigenvalue weighted by molar-refractivity contribution is 7.93. The molecule has 1 heterocycles. The maximum absolute atomic E-state index is 12.6. The number of sulfonamides is 1. The van der Waals surface area contributed by atoms with E-state index in [2.05, 4.69) is 5.10 Å². The third kappa shape index (κ3) is 2.42. The molecule has 0 amide bonds. The first kappa shape index (κ1) is 14.2. The number of aromatic hydroxyl groups is 1. The summed E-state index contributed by atoms with van der Waals surface area (Å²) in [6, 6.07) is 6.04. The molecule has 0 aliphatic heterocycles. The third-order valence-electron chi connectivity index (χ3n) is 2.79. The van der Waals surface area contributed by atoms with E-state index in [9.17, 15) is 13.5 Å². The van der Waals surface area contributed by atoms with Gasteiger partial charge in [-0.15, -0.1) is 0 Å². The number of anilines is 2. The van der Waals surface area contributed by atoms with Crippen LogP contribution in [0.4, 0.5) is 11.5 Å². The molecule has 0 saturated heterocycles. The number of aryl methyl sites for hydroxylation is 1. The number of aromatic nitrogens is 2. The van der Waals surface area contributed by atoms with Crippen molar-refractivity contribution in [2.75, 3.05) is 16.6 Å². The minimum Gasteiger partial charge on any atom is -0.508 e. The fourth-order valence-corrected chi connectivity index (χ4v) is 3.50. The van der Waals surface area contributed by atoms with Gasteiger partial charge in [-0.3, -0.25) is 8.99 Å². The highest BCUT2D eigenvalue weighted by atomic mass is 32.2. The van der Waals surface area contributed by atoms with E-state index < -0.39 is 10.0 Å². The first-order valence-corrected chi connectivity index (χ1v) is 7.41. The van der Waals surface area contributed by atoms with Crippen LogP contribution in [0.1, 0.15) is 6.92 Å². The molecule has 0 saturated carbocycles. The van der Waals surface area contributed by atoms with Gasteiger partial charge in [0.2, 0.25) is 0 Å². The third-order valence-corrected chi connectivity index (χ3v) is 4.71. The number of nitrogen functional groups attached to an aromatic ring is 1. The van der Waals surface area contributed by atoms with Gasteiger partial charge in [-0.2, -0.15) is 5.10 Å². The molecule has 108 valence electrons. The summed E-state index contributed by atoms with van der Waals surface area (Å²) < 4.78 is 27.8. The van der Waals surface area contributed by atoms with Crippen LogP contribution >= 0.6 is 0 Å². The Labute approximate surface area is 117 Å². The molecule has 2 aromatic rings. The number of nitrogens with two attached hydrogens (primary N) is 1. The lowest BCUT2D eigenvalue weighted by atomic mass is 10.3. The van der Waals surface area contributed by atoms with Crippen molar-refractivity contribution in [3.05, 3.63) is 30.5 Å². The molecule has 0 aliphatic carbocycles. The van der Waals surface area contributed by atoms with Crippen molar-refractivity contribution < 1.29 is 13.5 Å². The van der Waals surface area contributed by atoms with Crippen LogP contribution in [0.25, 0.3) is 0 Å². The van der Waals surface area contributed by atoms with Crippen LogP contribution in [0.15, 0.2) is 35.4 Å². The van der Waals surface area contributed by atoms with Crippen LogP contribution < -0.4 is 10.0 Å². The van der Waals surface area contributed by atoms with Gasteiger partial charge in [0.1, 0.15) is 10.6 Å². The summed E-state index contributed by atoms with van der Waals surface area (Å²) in [6.07, 6.45) is 1.36. The van der Waals surface area contributed by atoms with Gasteiger partial charge in [-0.1, -0.05) is 6.07 Å². The molecule has 0 unspecified atom stereocenters. The van der Waals surface area contributed by atoms with Crippen molar-refractivity contribution >= 4 is 21.5 Å². The van der Waals surface area contributed by atoms with Crippen molar-refractivity contribution in [3.63, 3.8) is 0 Å². The molecule has 0 radical (unpaired) electrons. The van der Waals surface area contributed by atoms with Crippen molar-refractivity contribution in [3.8, 4) is 5.75 Å². The van der Waals surface area contributed by atoms with E-state index in [4.69, 9.17) is 5.73 Å². The van der Waals surface area contributed by atoms with Gasteiger partial charge in [0, 0.05) is 25.9 Å². The quantitative estimate of drug-likeness (QED) is 0.873. The van der Waals surface area contributed by atoms with Crippen molar-refractivity contribution in [1.82, 2.24) is 9.78 Å². The van der Waals surface area contributed by atoms with Gasteiger partial charge >= 0.3 is 0 Å². The Balaban J connectivity index is 2.53. The molecule has 0 fully saturated rings. The second-order valence-electron chi connectivity index (χ2n) is 4.24. The topological polar surface area (TPSA) is 101 Å². The predicted octanol–water partition coefficient (Wildman–Crippen LogP) is 0.923. The molecule has 0 aliphatic rings. The van der Waals surface area contributed by atoms with Crippen LogP contribution in [0.3, 0.4) is 0 Å². The monoisotopic (exact) mass is 296 g/mol. The number of rotatable bonds is 4. The molecule has 0 atom stereocenters. The second-order valence-corrected chi connectivity index (χ2v) is 6.07. The molecule has 7 nitrogen and oxygen atoms in total. The Morgan fingerprint density at radius 3 is 2.65 bits per heavy atom. The highest BCUT2D eigenvalue weighted by Crippen LogP contribution is 2.28. The van der Waals surface area contributed by atoms with E-state index in [1.54, 1.807) is 26.1 Å². The molecule has 2 rings (SSSR count). The summed E-state index contributed by atoms with van der Waals surface area (Å²) in [4.78, 5) is -0.0507. The molecule has 1 aromatic heterocycles.